The van der Waals surface area contributed by atoms with Crippen LogP contribution in [0.3, 0.4) is 0 Å². The normalized spacial score (nSPS) is 11.8. The SMILES string of the molecule is CC(F)(F)c1[nH]nc(N)c1-c1c(F)cccc1Cl. The molecule has 0 aliphatic carbocycles. The molecule has 1 heterocycles. The summed E-state index contributed by atoms with van der Waals surface area (Å²) in [4.78, 5) is 0. The summed E-state index contributed by atoms with van der Waals surface area (Å²) in [5.74, 6) is -4.19. The highest BCUT2D eigenvalue weighted by Gasteiger charge is 2.33. The van der Waals surface area contributed by atoms with E-state index in [4.69, 9.17) is 17.3 Å². The molecule has 0 amide bonds. The van der Waals surface area contributed by atoms with E-state index in [0.29, 0.717) is 6.92 Å². The quantitative estimate of drug-likeness (QED) is 0.880. The molecule has 7 heteroatoms. The summed E-state index contributed by atoms with van der Waals surface area (Å²) in [5, 5.41) is 5.60. The zero-order valence-electron chi connectivity index (χ0n) is 9.27. The third-order valence-corrected chi connectivity index (χ3v) is 2.76. The molecule has 3 N–H and O–H groups in total. The van der Waals surface area contributed by atoms with Crippen LogP contribution in [0.15, 0.2) is 18.2 Å². The van der Waals surface area contributed by atoms with Gasteiger partial charge in [0.05, 0.1) is 10.6 Å². The lowest BCUT2D eigenvalue weighted by molar-refractivity contribution is 0.0133. The van der Waals surface area contributed by atoms with Crippen molar-refractivity contribution in [1.29, 1.82) is 0 Å². The van der Waals surface area contributed by atoms with E-state index in [-0.39, 0.29) is 22.0 Å². The average molecular weight is 276 g/mol. The predicted molar refractivity (Wildman–Crippen MR) is 63.0 cm³/mol. The molecule has 0 saturated heterocycles. The van der Waals surface area contributed by atoms with Gasteiger partial charge in [-0.25, -0.2) is 4.39 Å². The number of halogens is 4. The van der Waals surface area contributed by atoms with E-state index in [1.54, 1.807) is 0 Å². The minimum absolute atomic E-state index is 0.00593. The lowest BCUT2D eigenvalue weighted by Crippen LogP contribution is -2.10. The Labute approximate surface area is 106 Å². The average Bonchev–Trinajstić information content (AvgIpc) is 2.60. The molecule has 0 aliphatic rings. The van der Waals surface area contributed by atoms with Crippen LogP contribution in [-0.2, 0) is 5.92 Å². The first-order valence-electron chi connectivity index (χ1n) is 4.99. The van der Waals surface area contributed by atoms with Crippen molar-refractivity contribution in [3.05, 3.63) is 34.7 Å². The van der Waals surface area contributed by atoms with Gasteiger partial charge in [0.15, 0.2) is 5.82 Å². The number of rotatable bonds is 2. The number of benzene rings is 1. The molecule has 0 radical (unpaired) electrons. The highest BCUT2D eigenvalue weighted by molar-refractivity contribution is 6.33. The lowest BCUT2D eigenvalue weighted by atomic mass is 10.0. The Morgan fingerprint density at radius 1 is 1.33 bits per heavy atom. The van der Waals surface area contributed by atoms with Gasteiger partial charge < -0.3 is 5.73 Å². The first kappa shape index (κ1) is 12.8. The number of alkyl halides is 2. The summed E-state index contributed by atoms with van der Waals surface area (Å²) < 4.78 is 40.5. The first-order valence-corrected chi connectivity index (χ1v) is 5.36. The van der Waals surface area contributed by atoms with Crippen molar-refractivity contribution in [1.82, 2.24) is 10.2 Å². The van der Waals surface area contributed by atoms with Crippen molar-refractivity contribution in [2.24, 2.45) is 0 Å². The van der Waals surface area contributed by atoms with Crippen LogP contribution >= 0.6 is 11.6 Å². The summed E-state index contributed by atoms with van der Waals surface area (Å²) in [6, 6.07) is 3.89. The van der Waals surface area contributed by atoms with Gasteiger partial charge in [-0.3, -0.25) is 5.10 Å². The number of aromatic amines is 1. The molecule has 0 unspecified atom stereocenters. The zero-order valence-corrected chi connectivity index (χ0v) is 10.0. The standard InChI is InChI=1S/C11H9ClF3N3/c1-11(14,15)9-8(10(16)18-17-9)7-5(12)3-2-4-6(7)13/h2-4H,1H3,(H3,16,17,18). The molecule has 2 aromatic rings. The molecule has 0 spiro atoms. The van der Waals surface area contributed by atoms with Gasteiger partial charge in [-0.05, 0) is 12.1 Å². The molecule has 3 nitrogen and oxygen atoms in total. The first-order chi connectivity index (χ1) is 8.32. The van der Waals surface area contributed by atoms with E-state index >= 15 is 0 Å². The zero-order chi connectivity index (χ0) is 13.5. The Kier molecular flexibility index (Phi) is 2.98. The summed E-state index contributed by atoms with van der Waals surface area (Å²) in [5.41, 5.74) is 4.56. The van der Waals surface area contributed by atoms with Crippen LogP contribution in [0, 0.1) is 5.82 Å². The maximum absolute atomic E-state index is 13.7. The molecule has 0 saturated carbocycles. The number of nitrogens with one attached hydrogen (secondary N) is 1. The number of hydrogen-bond acceptors (Lipinski definition) is 2. The number of hydrogen-bond donors (Lipinski definition) is 2. The van der Waals surface area contributed by atoms with Crippen LogP contribution in [0.4, 0.5) is 19.0 Å². The van der Waals surface area contributed by atoms with Crippen molar-refractivity contribution >= 4 is 17.4 Å². The van der Waals surface area contributed by atoms with E-state index in [9.17, 15) is 13.2 Å². The second kappa shape index (κ2) is 4.20. The van der Waals surface area contributed by atoms with Gasteiger partial charge in [0, 0.05) is 12.5 Å². The highest BCUT2D eigenvalue weighted by atomic mass is 35.5. The maximum Gasteiger partial charge on any atom is 0.287 e. The molecule has 0 fully saturated rings. The fourth-order valence-corrected chi connectivity index (χ4v) is 1.92. The van der Waals surface area contributed by atoms with Crippen molar-refractivity contribution in [2.45, 2.75) is 12.8 Å². The van der Waals surface area contributed by atoms with E-state index in [1.807, 2.05) is 0 Å². The third-order valence-electron chi connectivity index (χ3n) is 2.45. The molecule has 0 atom stereocenters. The summed E-state index contributed by atoms with van der Waals surface area (Å²) in [7, 11) is 0. The van der Waals surface area contributed by atoms with Crippen LogP contribution in [-0.4, -0.2) is 10.2 Å². The van der Waals surface area contributed by atoms with Gasteiger partial charge in [0.25, 0.3) is 5.92 Å². The number of anilines is 1. The van der Waals surface area contributed by atoms with Gasteiger partial charge in [-0.1, -0.05) is 17.7 Å². The minimum Gasteiger partial charge on any atom is -0.382 e. The smallest absolute Gasteiger partial charge is 0.287 e. The molecular weight excluding hydrogens is 267 g/mol. The van der Waals surface area contributed by atoms with E-state index < -0.39 is 17.4 Å². The molecule has 1 aromatic heterocycles. The van der Waals surface area contributed by atoms with Crippen LogP contribution in [0.2, 0.25) is 5.02 Å². The van der Waals surface area contributed by atoms with Gasteiger partial charge >= 0.3 is 0 Å². The third kappa shape index (κ3) is 2.03. The fourth-order valence-electron chi connectivity index (χ4n) is 1.66. The van der Waals surface area contributed by atoms with Crippen LogP contribution in [0.1, 0.15) is 12.6 Å². The van der Waals surface area contributed by atoms with Gasteiger partial charge in [-0.2, -0.15) is 13.9 Å². The largest absolute Gasteiger partial charge is 0.382 e. The lowest BCUT2D eigenvalue weighted by Gasteiger charge is -2.12. The van der Waals surface area contributed by atoms with E-state index in [1.165, 1.54) is 12.1 Å². The second-order valence-corrected chi connectivity index (χ2v) is 4.25. The van der Waals surface area contributed by atoms with Crippen molar-refractivity contribution in [3.8, 4) is 11.1 Å². The number of nitrogens with zero attached hydrogens (tertiary/aromatic N) is 1. The molecule has 2 rings (SSSR count). The topological polar surface area (TPSA) is 54.7 Å². The Bertz CT molecular complexity index is 569. The summed E-state index contributed by atoms with van der Waals surface area (Å²) in [6.45, 7) is 0.665. The molecule has 1 aromatic carbocycles. The molecule has 0 bridgehead atoms. The van der Waals surface area contributed by atoms with Crippen LogP contribution < -0.4 is 5.73 Å². The molecule has 18 heavy (non-hydrogen) atoms. The Balaban J connectivity index is 2.76. The summed E-state index contributed by atoms with van der Waals surface area (Å²) in [6.07, 6.45) is 0. The summed E-state index contributed by atoms with van der Waals surface area (Å²) >= 11 is 5.83. The Morgan fingerprint density at radius 3 is 2.56 bits per heavy atom. The highest BCUT2D eigenvalue weighted by Crippen LogP contribution is 2.41. The Morgan fingerprint density at radius 2 is 2.00 bits per heavy atom. The van der Waals surface area contributed by atoms with Crippen molar-refractivity contribution in [3.63, 3.8) is 0 Å². The predicted octanol–water partition coefficient (Wildman–Crippen LogP) is 3.56. The molecular formula is C11H9ClF3N3. The van der Waals surface area contributed by atoms with Gasteiger partial charge in [0.1, 0.15) is 11.5 Å². The number of H-pyrrole nitrogens is 1. The van der Waals surface area contributed by atoms with E-state index in [0.717, 1.165) is 6.07 Å². The van der Waals surface area contributed by atoms with Crippen molar-refractivity contribution < 1.29 is 13.2 Å². The van der Waals surface area contributed by atoms with Gasteiger partial charge in [-0.15, -0.1) is 0 Å². The van der Waals surface area contributed by atoms with Gasteiger partial charge in [0.2, 0.25) is 0 Å². The van der Waals surface area contributed by atoms with E-state index in [2.05, 4.69) is 10.2 Å². The monoisotopic (exact) mass is 275 g/mol. The maximum atomic E-state index is 13.7. The molecule has 96 valence electrons. The van der Waals surface area contributed by atoms with Crippen molar-refractivity contribution in [2.75, 3.05) is 5.73 Å². The number of nitrogen functional groups attached to an aromatic ring is 1. The number of nitrogens with two attached hydrogens (primary N) is 1. The minimum atomic E-state index is -3.23. The fraction of sp³-hybridized carbons (Fsp3) is 0.182. The Hall–Kier alpha value is -1.69. The second-order valence-electron chi connectivity index (χ2n) is 3.84. The van der Waals surface area contributed by atoms with Crippen LogP contribution in [0.25, 0.3) is 11.1 Å². The number of aromatic nitrogens is 2. The molecule has 0 aliphatic heterocycles. The van der Waals surface area contributed by atoms with Crippen LogP contribution in [0.5, 0.6) is 0 Å².